The summed E-state index contributed by atoms with van der Waals surface area (Å²) in [7, 11) is 1.76. The molecular formula is C16H15N5O. The largest absolute Gasteiger partial charge is 0.493 e. The molecule has 1 heterocycles. The lowest BCUT2D eigenvalue weighted by Crippen LogP contribution is -2.06. The molecule has 0 aliphatic rings. The van der Waals surface area contributed by atoms with Crippen LogP contribution in [0.25, 0.3) is 10.9 Å². The summed E-state index contributed by atoms with van der Waals surface area (Å²) in [6.07, 6.45) is 0. The number of benzene rings is 2. The fourth-order valence-electron chi connectivity index (χ4n) is 2.22. The number of aromatic nitrogens is 1. The highest BCUT2D eigenvalue weighted by molar-refractivity contribution is 5.95. The van der Waals surface area contributed by atoms with E-state index in [2.05, 4.69) is 15.2 Å². The SMILES string of the molecule is Cn1c(O)c(N=NC(N)=Nc2ccccc2)c2ccccc21. The van der Waals surface area contributed by atoms with Gasteiger partial charge >= 0.3 is 0 Å². The lowest BCUT2D eigenvalue weighted by Gasteiger charge is -1.95. The molecule has 0 atom stereocenters. The normalized spacial score (nSPS) is 12.3. The van der Waals surface area contributed by atoms with E-state index in [1.165, 1.54) is 0 Å². The molecular weight excluding hydrogens is 278 g/mol. The van der Waals surface area contributed by atoms with Gasteiger partial charge in [-0.3, -0.25) is 0 Å². The van der Waals surface area contributed by atoms with Crippen molar-refractivity contribution in [1.82, 2.24) is 4.57 Å². The van der Waals surface area contributed by atoms with Gasteiger partial charge in [-0.1, -0.05) is 36.4 Å². The van der Waals surface area contributed by atoms with Gasteiger partial charge in [0.25, 0.3) is 0 Å². The maximum absolute atomic E-state index is 10.2. The van der Waals surface area contributed by atoms with Crippen molar-refractivity contribution in [1.29, 1.82) is 0 Å². The highest BCUT2D eigenvalue weighted by Crippen LogP contribution is 2.37. The zero-order valence-corrected chi connectivity index (χ0v) is 12.0. The smallest absolute Gasteiger partial charge is 0.240 e. The van der Waals surface area contributed by atoms with Crippen LogP contribution >= 0.6 is 0 Å². The second-order valence-corrected chi connectivity index (χ2v) is 4.75. The number of hydrogen-bond donors (Lipinski definition) is 2. The number of rotatable bonds is 2. The predicted octanol–water partition coefficient (Wildman–Crippen LogP) is 3.61. The molecule has 1 aromatic heterocycles. The van der Waals surface area contributed by atoms with Gasteiger partial charge in [0.1, 0.15) is 0 Å². The van der Waals surface area contributed by atoms with E-state index in [0.29, 0.717) is 11.4 Å². The molecule has 0 aliphatic heterocycles. The van der Waals surface area contributed by atoms with Crippen molar-refractivity contribution in [2.24, 2.45) is 28.0 Å². The van der Waals surface area contributed by atoms with Crippen molar-refractivity contribution in [2.75, 3.05) is 0 Å². The van der Waals surface area contributed by atoms with E-state index in [-0.39, 0.29) is 11.8 Å². The van der Waals surface area contributed by atoms with Gasteiger partial charge in [0.15, 0.2) is 5.69 Å². The Morgan fingerprint density at radius 2 is 1.73 bits per heavy atom. The number of aromatic hydroxyl groups is 1. The zero-order chi connectivity index (χ0) is 15.5. The van der Waals surface area contributed by atoms with Gasteiger partial charge < -0.3 is 15.4 Å². The molecule has 3 N–H and O–H groups in total. The summed E-state index contributed by atoms with van der Waals surface area (Å²) in [4.78, 5) is 4.14. The molecule has 0 radical (unpaired) electrons. The third-order valence-electron chi connectivity index (χ3n) is 3.30. The van der Waals surface area contributed by atoms with Gasteiger partial charge in [0, 0.05) is 12.4 Å². The molecule has 110 valence electrons. The minimum absolute atomic E-state index is 0.0264. The average Bonchev–Trinajstić information content (AvgIpc) is 2.78. The van der Waals surface area contributed by atoms with Crippen LogP contribution in [0.15, 0.2) is 69.8 Å². The number of azo groups is 1. The molecule has 0 amide bonds. The summed E-state index contributed by atoms with van der Waals surface area (Å²) in [6.45, 7) is 0. The van der Waals surface area contributed by atoms with E-state index in [1.54, 1.807) is 11.6 Å². The second kappa shape index (κ2) is 5.69. The fourth-order valence-corrected chi connectivity index (χ4v) is 2.22. The van der Waals surface area contributed by atoms with Crippen LogP contribution in [0, 0.1) is 0 Å². The summed E-state index contributed by atoms with van der Waals surface area (Å²) < 4.78 is 1.65. The van der Waals surface area contributed by atoms with Crippen molar-refractivity contribution in [3.05, 3.63) is 54.6 Å². The minimum atomic E-state index is 0.0264. The van der Waals surface area contributed by atoms with Crippen molar-refractivity contribution in [2.45, 2.75) is 0 Å². The van der Waals surface area contributed by atoms with Crippen LogP contribution in [0.5, 0.6) is 5.88 Å². The van der Waals surface area contributed by atoms with Gasteiger partial charge in [0.2, 0.25) is 11.8 Å². The van der Waals surface area contributed by atoms with Crippen molar-refractivity contribution >= 4 is 28.2 Å². The van der Waals surface area contributed by atoms with Gasteiger partial charge in [-0.25, -0.2) is 4.99 Å². The molecule has 0 fully saturated rings. The van der Waals surface area contributed by atoms with Crippen LogP contribution in [0.4, 0.5) is 11.4 Å². The van der Waals surface area contributed by atoms with Gasteiger partial charge in [-0.2, -0.15) is 0 Å². The molecule has 6 nitrogen and oxygen atoms in total. The Labute approximate surface area is 127 Å². The molecule has 22 heavy (non-hydrogen) atoms. The summed E-state index contributed by atoms with van der Waals surface area (Å²) >= 11 is 0. The Kier molecular flexibility index (Phi) is 3.57. The van der Waals surface area contributed by atoms with Crippen LogP contribution in [-0.4, -0.2) is 15.6 Å². The lowest BCUT2D eigenvalue weighted by atomic mass is 10.2. The van der Waals surface area contributed by atoms with Crippen LogP contribution in [0.2, 0.25) is 0 Å². The van der Waals surface area contributed by atoms with Gasteiger partial charge in [0.05, 0.1) is 11.2 Å². The standard InChI is InChI=1S/C16H15N5O/c1-21-13-10-6-5-9-12(13)14(15(21)22)19-20-16(17)18-11-7-3-2-4-8-11/h2-10,22H,1H3,(H2,17,18). The average molecular weight is 293 g/mol. The molecule has 3 rings (SSSR count). The first kappa shape index (κ1) is 13.8. The van der Waals surface area contributed by atoms with E-state index >= 15 is 0 Å². The van der Waals surface area contributed by atoms with E-state index < -0.39 is 0 Å². The summed E-state index contributed by atoms with van der Waals surface area (Å²) in [5.74, 6) is 0.0657. The fraction of sp³-hybridized carbons (Fsp3) is 0.0625. The second-order valence-electron chi connectivity index (χ2n) is 4.75. The molecule has 6 heteroatoms. The zero-order valence-electron chi connectivity index (χ0n) is 12.0. The van der Waals surface area contributed by atoms with E-state index in [4.69, 9.17) is 5.73 Å². The Balaban J connectivity index is 1.96. The Bertz CT molecular complexity index is 865. The van der Waals surface area contributed by atoms with E-state index in [1.807, 2.05) is 54.6 Å². The predicted molar refractivity (Wildman–Crippen MR) is 86.8 cm³/mol. The minimum Gasteiger partial charge on any atom is -0.493 e. The highest BCUT2D eigenvalue weighted by atomic mass is 16.3. The van der Waals surface area contributed by atoms with Crippen LogP contribution in [0.3, 0.4) is 0 Å². The van der Waals surface area contributed by atoms with E-state index in [9.17, 15) is 5.11 Å². The van der Waals surface area contributed by atoms with Gasteiger partial charge in [-0.15, -0.1) is 10.2 Å². The molecule has 0 unspecified atom stereocenters. The number of hydrogen-bond acceptors (Lipinski definition) is 3. The number of fused-ring (bicyclic) bond motifs is 1. The summed E-state index contributed by atoms with van der Waals surface area (Å²) in [6, 6.07) is 16.8. The van der Waals surface area contributed by atoms with Crippen molar-refractivity contribution < 1.29 is 5.11 Å². The number of nitrogens with zero attached hydrogens (tertiary/aromatic N) is 4. The van der Waals surface area contributed by atoms with Crippen LogP contribution < -0.4 is 5.73 Å². The van der Waals surface area contributed by atoms with Crippen LogP contribution in [0.1, 0.15) is 0 Å². The summed E-state index contributed by atoms with van der Waals surface area (Å²) in [5, 5.41) is 18.9. The number of nitrogens with two attached hydrogens (primary N) is 1. The molecule has 0 saturated heterocycles. The van der Waals surface area contributed by atoms with Crippen LogP contribution in [-0.2, 0) is 7.05 Å². The first-order valence-electron chi connectivity index (χ1n) is 6.74. The van der Waals surface area contributed by atoms with Gasteiger partial charge in [-0.05, 0) is 18.2 Å². The molecule has 3 aromatic rings. The number of guanidine groups is 1. The molecule has 0 aliphatic carbocycles. The number of para-hydroxylation sites is 2. The highest BCUT2D eigenvalue weighted by Gasteiger charge is 2.13. The first-order valence-corrected chi connectivity index (χ1v) is 6.74. The monoisotopic (exact) mass is 293 g/mol. The summed E-state index contributed by atoms with van der Waals surface area (Å²) in [5.41, 5.74) is 7.70. The first-order chi connectivity index (χ1) is 10.7. The third-order valence-corrected chi connectivity index (χ3v) is 3.30. The Morgan fingerprint density at radius 3 is 2.50 bits per heavy atom. The molecule has 0 bridgehead atoms. The maximum atomic E-state index is 10.2. The Hall–Kier alpha value is -3.15. The third kappa shape index (κ3) is 2.54. The molecule has 0 saturated carbocycles. The van der Waals surface area contributed by atoms with Crippen molar-refractivity contribution in [3.63, 3.8) is 0 Å². The van der Waals surface area contributed by atoms with Crippen molar-refractivity contribution in [3.8, 4) is 5.88 Å². The van der Waals surface area contributed by atoms with E-state index in [0.717, 1.165) is 10.9 Å². The number of aryl methyl sites for hydroxylation is 1. The quantitative estimate of drug-likeness (QED) is 0.429. The number of aliphatic imine (C=N–C) groups is 1. The lowest BCUT2D eigenvalue weighted by molar-refractivity contribution is 0.436. The molecule has 2 aromatic carbocycles. The maximum Gasteiger partial charge on any atom is 0.240 e. The Morgan fingerprint density at radius 1 is 1.05 bits per heavy atom. The molecule has 0 spiro atoms. The topological polar surface area (TPSA) is 88.3 Å².